The van der Waals surface area contributed by atoms with Crippen molar-refractivity contribution in [3.05, 3.63) is 35.4 Å². The SMILES string of the molecule is COC(=O)C1CS(=O)CC(c2ccc(C(C)C)cc2)N1. The van der Waals surface area contributed by atoms with Crippen LogP contribution < -0.4 is 5.32 Å². The minimum absolute atomic E-state index is 0.0603. The highest BCUT2D eigenvalue weighted by Gasteiger charge is 2.31. The molecule has 1 saturated heterocycles. The van der Waals surface area contributed by atoms with Gasteiger partial charge < -0.3 is 4.74 Å². The maximum Gasteiger partial charge on any atom is 0.323 e. The number of esters is 1. The fraction of sp³-hybridized carbons (Fsp3) is 0.533. The molecule has 0 radical (unpaired) electrons. The van der Waals surface area contributed by atoms with E-state index in [0.29, 0.717) is 17.4 Å². The van der Waals surface area contributed by atoms with Crippen molar-refractivity contribution in [2.75, 3.05) is 18.6 Å². The van der Waals surface area contributed by atoms with Crippen LogP contribution in [-0.2, 0) is 20.3 Å². The summed E-state index contributed by atoms with van der Waals surface area (Å²) in [4.78, 5) is 11.6. The average Bonchev–Trinajstić information content (AvgIpc) is 2.45. The van der Waals surface area contributed by atoms with Crippen molar-refractivity contribution in [1.82, 2.24) is 5.32 Å². The highest BCUT2D eigenvalue weighted by atomic mass is 32.2. The summed E-state index contributed by atoms with van der Waals surface area (Å²) in [5, 5.41) is 3.23. The van der Waals surface area contributed by atoms with Gasteiger partial charge in [0.1, 0.15) is 6.04 Å². The number of benzene rings is 1. The van der Waals surface area contributed by atoms with Crippen LogP contribution >= 0.6 is 0 Å². The van der Waals surface area contributed by atoms with E-state index < -0.39 is 16.8 Å². The van der Waals surface area contributed by atoms with Crippen molar-refractivity contribution in [3.63, 3.8) is 0 Å². The fourth-order valence-electron chi connectivity index (χ4n) is 2.36. The Labute approximate surface area is 122 Å². The molecule has 0 bridgehead atoms. The first-order valence-corrected chi connectivity index (χ1v) is 8.28. The molecule has 3 unspecified atom stereocenters. The molecule has 0 saturated carbocycles. The second kappa shape index (κ2) is 6.50. The molecular formula is C15H21NO3S. The van der Waals surface area contributed by atoms with Gasteiger partial charge in [0.15, 0.2) is 0 Å². The van der Waals surface area contributed by atoms with Gasteiger partial charge in [-0.05, 0) is 17.0 Å². The average molecular weight is 295 g/mol. The number of nitrogens with one attached hydrogen (secondary N) is 1. The van der Waals surface area contributed by atoms with E-state index in [1.54, 1.807) is 0 Å². The van der Waals surface area contributed by atoms with Crippen LogP contribution in [-0.4, -0.2) is 34.8 Å². The summed E-state index contributed by atoms with van der Waals surface area (Å²) < 4.78 is 16.7. The smallest absolute Gasteiger partial charge is 0.323 e. The molecule has 20 heavy (non-hydrogen) atoms. The minimum Gasteiger partial charge on any atom is -0.468 e. The first kappa shape index (κ1) is 15.2. The van der Waals surface area contributed by atoms with Crippen LogP contribution in [0.15, 0.2) is 24.3 Å². The topological polar surface area (TPSA) is 55.4 Å². The molecule has 0 aromatic heterocycles. The first-order chi connectivity index (χ1) is 9.51. The Morgan fingerprint density at radius 3 is 2.50 bits per heavy atom. The van der Waals surface area contributed by atoms with E-state index in [4.69, 9.17) is 4.74 Å². The fourth-order valence-corrected chi connectivity index (χ4v) is 3.76. The largest absolute Gasteiger partial charge is 0.468 e. The number of methoxy groups -OCH3 is 1. The summed E-state index contributed by atoms with van der Waals surface area (Å²) in [6.45, 7) is 4.30. The van der Waals surface area contributed by atoms with Crippen molar-refractivity contribution in [2.24, 2.45) is 0 Å². The van der Waals surface area contributed by atoms with E-state index in [1.165, 1.54) is 12.7 Å². The third-order valence-corrected chi connectivity index (χ3v) is 5.01. The van der Waals surface area contributed by atoms with Crippen LogP contribution in [0, 0.1) is 0 Å². The van der Waals surface area contributed by atoms with Gasteiger partial charge >= 0.3 is 5.97 Å². The highest BCUT2D eigenvalue weighted by molar-refractivity contribution is 7.85. The van der Waals surface area contributed by atoms with E-state index in [9.17, 15) is 9.00 Å². The Bertz CT molecular complexity index is 498. The Hall–Kier alpha value is -1.20. The van der Waals surface area contributed by atoms with Gasteiger partial charge in [-0.25, -0.2) is 0 Å². The van der Waals surface area contributed by atoms with Crippen LogP contribution in [0.25, 0.3) is 0 Å². The Morgan fingerprint density at radius 1 is 1.30 bits per heavy atom. The maximum atomic E-state index is 11.9. The van der Waals surface area contributed by atoms with E-state index in [-0.39, 0.29) is 12.0 Å². The van der Waals surface area contributed by atoms with E-state index in [0.717, 1.165) is 5.56 Å². The zero-order valence-corrected chi connectivity index (χ0v) is 12.9. The molecule has 1 N–H and O–H groups in total. The Balaban J connectivity index is 2.14. The van der Waals surface area contributed by atoms with E-state index in [1.807, 2.05) is 12.1 Å². The van der Waals surface area contributed by atoms with Crippen LogP contribution in [0.4, 0.5) is 0 Å². The van der Waals surface area contributed by atoms with Gasteiger partial charge in [0.25, 0.3) is 0 Å². The number of carbonyl (C=O) groups excluding carboxylic acids is 1. The van der Waals surface area contributed by atoms with Crippen molar-refractivity contribution in [1.29, 1.82) is 0 Å². The lowest BCUT2D eigenvalue weighted by Gasteiger charge is -2.29. The van der Waals surface area contributed by atoms with Gasteiger partial charge in [-0.2, -0.15) is 0 Å². The molecule has 1 heterocycles. The predicted octanol–water partition coefficient (Wildman–Crippen LogP) is 1.74. The number of carbonyl (C=O) groups is 1. The molecule has 0 spiro atoms. The number of ether oxygens (including phenoxy) is 1. The Kier molecular flexibility index (Phi) is 4.94. The van der Waals surface area contributed by atoms with E-state index in [2.05, 4.69) is 31.3 Å². The van der Waals surface area contributed by atoms with Crippen LogP contribution in [0.1, 0.15) is 36.9 Å². The summed E-state index contributed by atoms with van der Waals surface area (Å²) in [5.74, 6) is 1.00. The zero-order valence-electron chi connectivity index (χ0n) is 12.1. The zero-order chi connectivity index (χ0) is 14.7. The molecule has 1 aromatic rings. The van der Waals surface area contributed by atoms with Crippen LogP contribution in [0.2, 0.25) is 0 Å². The normalized spacial score (nSPS) is 26.5. The molecule has 110 valence electrons. The van der Waals surface area contributed by atoms with Gasteiger partial charge in [0.2, 0.25) is 0 Å². The molecule has 2 rings (SSSR count). The summed E-state index contributed by atoms with van der Waals surface area (Å²) in [5.41, 5.74) is 2.34. The number of hydrogen-bond donors (Lipinski definition) is 1. The third kappa shape index (κ3) is 3.46. The molecule has 5 heteroatoms. The second-order valence-corrected chi connectivity index (χ2v) is 6.94. The molecule has 1 aliphatic heterocycles. The van der Waals surface area contributed by atoms with Crippen molar-refractivity contribution in [3.8, 4) is 0 Å². The molecule has 1 aromatic carbocycles. The summed E-state index contributed by atoms with van der Waals surface area (Å²) >= 11 is 0. The summed E-state index contributed by atoms with van der Waals surface area (Å²) in [6.07, 6.45) is 0. The lowest BCUT2D eigenvalue weighted by Crippen LogP contribution is -2.49. The van der Waals surface area contributed by atoms with Crippen LogP contribution in [0.3, 0.4) is 0 Å². The predicted molar refractivity (Wildman–Crippen MR) is 80.1 cm³/mol. The minimum atomic E-state index is -1.00. The van der Waals surface area contributed by atoms with Gasteiger partial charge in [-0.1, -0.05) is 38.1 Å². The second-order valence-electron chi connectivity index (χ2n) is 5.39. The lowest BCUT2D eigenvalue weighted by molar-refractivity contribution is -0.142. The molecular weight excluding hydrogens is 274 g/mol. The molecule has 0 aliphatic carbocycles. The lowest BCUT2D eigenvalue weighted by atomic mass is 9.99. The third-order valence-electron chi connectivity index (χ3n) is 3.60. The van der Waals surface area contributed by atoms with Gasteiger partial charge in [-0.3, -0.25) is 14.3 Å². The van der Waals surface area contributed by atoms with Gasteiger partial charge in [0.05, 0.1) is 7.11 Å². The van der Waals surface area contributed by atoms with Crippen LogP contribution in [0.5, 0.6) is 0 Å². The van der Waals surface area contributed by atoms with E-state index >= 15 is 0 Å². The quantitative estimate of drug-likeness (QED) is 0.863. The standard InChI is InChI=1S/C15H21NO3S/c1-10(2)11-4-6-12(7-5-11)13-8-20(18)9-14(16-13)15(17)19-3/h4-7,10,13-14,16H,8-9H2,1-3H3. The summed E-state index contributed by atoms with van der Waals surface area (Å²) in [7, 11) is 0.355. The molecule has 1 fully saturated rings. The monoisotopic (exact) mass is 295 g/mol. The highest BCUT2D eigenvalue weighted by Crippen LogP contribution is 2.22. The summed E-state index contributed by atoms with van der Waals surface area (Å²) in [6, 6.07) is 7.73. The molecule has 0 amide bonds. The molecule has 3 atom stereocenters. The number of rotatable bonds is 3. The van der Waals surface area contributed by atoms with Gasteiger partial charge in [0, 0.05) is 28.3 Å². The first-order valence-electron chi connectivity index (χ1n) is 6.80. The van der Waals surface area contributed by atoms with Crippen molar-refractivity contribution >= 4 is 16.8 Å². The van der Waals surface area contributed by atoms with Crippen molar-refractivity contribution < 1.29 is 13.7 Å². The van der Waals surface area contributed by atoms with Crippen molar-refractivity contribution in [2.45, 2.75) is 31.8 Å². The number of hydrogen-bond acceptors (Lipinski definition) is 4. The maximum absolute atomic E-state index is 11.9. The van der Waals surface area contributed by atoms with Gasteiger partial charge in [-0.15, -0.1) is 0 Å². The molecule has 4 nitrogen and oxygen atoms in total. The molecule has 1 aliphatic rings. The Morgan fingerprint density at radius 2 is 1.95 bits per heavy atom.